The van der Waals surface area contributed by atoms with Gasteiger partial charge in [-0.15, -0.1) is 0 Å². The summed E-state index contributed by atoms with van der Waals surface area (Å²) < 4.78 is 5.06. The Hall–Kier alpha value is -1.75. The van der Waals surface area contributed by atoms with E-state index in [0.717, 1.165) is 11.3 Å². The molecule has 1 atom stereocenters. The van der Waals surface area contributed by atoms with Gasteiger partial charge in [-0.3, -0.25) is 0 Å². The van der Waals surface area contributed by atoms with Crippen LogP contribution in [0.15, 0.2) is 24.3 Å². The van der Waals surface area contributed by atoms with Gasteiger partial charge in [-0.25, -0.2) is 4.79 Å². The second-order valence-electron chi connectivity index (χ2n) is 5.79. The van der Waals surface area contributed by atoms with Gasteiger partial charge in [0.15, 0.2) is 0 Å². The van der Waals surface area contributed by atoms with Crippen molar-refractivity contribution in [3.05, 3.63) is 29.8 Å². The summed E-state index contributed by atoms with van der Waals surface area (Å²) in [6.45, 7) is 6.44. The van der Waals surface area contributed by atoms with Gasteiger partial charge in [-0.2, -0.15) is 0 Å². The lowest BCUT2D eigenvalue weighted by Gasteiger charge is -2.25. The van der Waals surface area contributed by atoms with Crippen LogP contribution in [0, 0.1) is 5.41 Å². The van der Waals surface area contributed by atoms with Gasteiger partial charge in [0.05, 0.1) is 13.2 Å². The van der Waals surface area contributed by atoms with E-state index >= 15 is 0 Å². The highest BCUT2D eigenvalue weighted by Crippen LogP contribution is 2.18. The van der Waals surface area contributed by atoms with Gasteiger partial charge in [0.1, 0.15) is 5.75 Å². The maximum atomic E-state index is 11.6. The van der Waals surface area contributed by atoms with Gasteiger partial charge in [0.25, 0.3) is 0 Å². The zero-order valence-electron chi connectivity index (χ0n) is 12.6. The zero-order chi connectivity index (χ0) is 15.2. The van der Waals surface area contributed by atoms with Crippen LogP contribution in [-0.4, -0.2) is 30.9 Å². The van der Waals surface area contributed by atoms with Crippen LogP contribution in [0.3, 0.4) is 0 Å². The minimum atomic E-state index is -0.575. The average molecular weight is 280 g/mol. The maximum Gasteiger partial charge on any atom is 0.315 e. The van der Waals surface area contributed by atoms with E-state index in [1.165, 1.54) is 0 Å². The van der Waals surface area contributed by atoms with E-state index in [1.807, 2.05) is 45.0 Å². The van der Waals surface area contributed by atoms with Crippen molar-refractivity contribution < 1.29 is 14.6 Å². The monoisotopic (exact) mass is 280 g/mol. The van der Waals surface area contributed by atoms with Gasteiger partial charge in [-0.1, -0.05) is 32.9 Å². The Labute approximate surface area is 120 Å². The number of urea groups is 1. The van der Waals surface area contributed by atoms with E-state index in [2.05, 4.69) is 10.6 Å². The highest BCUT2D eigenvalue weighted by Gasteiger charge is 2.22. The predicted molar refractivity (Wildman–Crippen MR) is 78.7 cm³/mol. The fourth-order valence-corrected chi connectivity index (χ4v) is 1.48. The molecule has 0 radical (unpaired) electrons. The number of carbonyl (C=O) groups excluding carboxylic acids is 1. The molecule has 2 amide bonds. The molecule has 0 saturated carbocycles. The second kappa shape index (κ2) is 7.14. The molecule has 5 nitrogen and oxygen atoms in total. The highest BCUT2D eigenvalue weighted by atomic mass is 16.5. The Morgan fingerprint density at radius 2 is 1.85 bits per heavy atom. The largest absolute Gasteiger partial charge is 0.497 e. The first-order valence-corrected chi connectivity index (χ1v) is 6.65. The number of methoxy groups -OCH3 is 1. The smallest absolute Gasteiger partial charge is 0.315 e. The number of carbonyl (C=O) groups is 1. The first-order chi connectivity index (χ1) is 9.32. The van der Waals surface area contributed by atoms with Crippen LogP contribution in [0.5, 0.6) is 5.75 Å². The molecule has 112 valence electrons. The minimum absolute atomic E-state index is 0.234. The number of amides is 2. The topological polar surface area (TPSA) is 70.6 Å². The van der Waals surface area contributed by atoms with Crippen LogP contribution in [0.1, 0.15) is 26.3 Å². The molecule has 20 heavy (non-hydrogen) atoms. The van der Waals surface area contributed by atoms with E-state index in [4.69, 9.17) is 4.74 Å². The molecule has 0 aromatic heterocycles. The van der Waals surface area contributed by atoms with E-state index in [9.17, 15) is 9.90 Å². The minimum Gasteiger partial charge on any atom is -0.497 e. The summed E-state index contributed by atoms with van der Waals surface area (Å²) in [6, 6.07) is 7.19. The number of nitrogens with one attached hydrogen (secondary N) is 2. The van der Waals surface area contributed by atoms with Gasteiger partial charge in [0, 0.05) is 13.1 Å². The average Bonchev–Trinajstić information content (AvgIpc) is 2.41. The van der Waals surface area contributed by atoms with Crippen LogP contribution in [0.4, 0.5) is 4.79 Å². The van der Waals surface area contributed by atoms with Crippen LogP contribution in [0.25, 0.3) is 0 Å². The summed E-state index contributed by atoms with van der Waals surface area (Å²) >= 11 is 0. The highest BCUT2D eigenvalue weighted by molar-refractivity contribution is 5.73. The lowest BCUT2D eigenvalue weighted by molar-refractivity contribution is 0.0650. The lowest BCUT2D eigenvalue weighted by atomic mass is 9.89. The van der Waals surface area contributed by atoms with Gasteiger partial charge in [-0.05, 0) is 23.1 Å². The molecule has 1 unspecified atom stereocenters. The van der Waals surface area contributed by atoms with Crippen LogP contribution in [0.2, 0.25) is 0 Å². The van der Waals surface area contributed by atoms with Gasteiger partial charge >= 0.3 is 6.03 Å². The molecule has 5 heteroatoms. The molecule has 1 rings (SSSR count). The fraction of sp³-hybridized carbons (Fsp3) is 0.533. The molecule has 0 saturated heterocycles. The Morgan fingerprint density at radius 3 is 2.35 bits per heavy atom. The normalized spacial score (nSPS) is 12.7. The van der Waals surface area contributed by atoms with E-state index in [1.54, 1.807) is 7.11 Å². The molecule has 0 aliphatic carbocycles. The first kappa shape index (κ1) is 16.3. The van der Waals surface area contributed by atoms with Gasteiger partial charge in [0.2, 0.25) is 0 Å². The van der Waals surface area contributed by atoms with Crippen LogP contribution in [-0.2, 0) is 6.54 Å². The lowest BCUT2D eigenvalue weighted by Crippen LogP contribution is -2.43. The molecule has 1 aromatic carbocycles. The predicted octanol–water partition coefficient (Wildman–Crippen LogP) is 1.90. The number of hydrogen-bond acceptors (Lipinski definition) is 3. The van der Waals surface area contributed by atoms with Crippen molar-refractivity contribution >= 4 is 6.03 Å². The Kier molecular flexibility index (Phi) is 5.82. The van der Waals surface area contributed by atoms with E-state index in [0.29, 0.717) is 6.54 Å². The SMILES string of the molecule is COc1ccc(CNC(=O)NCC(O)C(C)(C)C)cc1. The summed E-state index contributed by atoms with van der Waals surface area (Å²) in [5.41, 5.74) is 0.737. The summed E-state index contributed by atoms with van der Waals surface area (Å²) in [5, 5.41) is 15.2. The van der Waals surface area contributed by atoms with Crippen molar-refractivity contribution in [1.82, 2.24) is 10.6 Å². The zero-order valence-corrected chi connectivity index (χ0v) is 12.6. The van der Waals surface area contributed by atoms with Crippen LogP contribution >= 0.6 is 0 Å². The summed E-state index contributed by atoms with van der Waals surface area (Å²) in [5.74, 6) is 0.784. The van der Waals surface area contributed by atoms with E-state index in [-0.39, 0.29) is 18.0 Å². The Bertz CT molecular complexity index is 424. The molecular weight excluding hydrogens is 256 g/mol. The summed E-state index contributed by atoms with van der Waals surface area (Å²) in [6.07, 6.45) is -0.575. The van der Waals surface area contributed by atoms with Crippen LogP contribution < -0.4 is 15.4 Å². The molecule has 0 aliphatic rings. The van der Waals surface area contributed by atoms with Crippen molar-refractivity contribution in [2.75, 3.05) is 13.7 Å². The third-order valence-corrected chi connectivity index (χ3v) is 3.07. The number of rotatable bonds is 5. The molecule has 1 aromatic rings. The standard InChI is InChI=1S/C15H24N2O3/c1-15(2,3)13(18)10-17-14(19)16-9-11-5-7-12(20-4)8-6-11/h5-8,13,18H,9-10H2,1-4H3,(H2,16,17,19). The van der Waals surface area contributed by atoms with Crippen molar-refractivity contribution in [1.29, 1.82) is 0 Å². The molecule has 0 spiro atoms. The number of aliphatic hydroxyl groups is 1. The molecular formula is C15H24N2O3. The number of aliphatic hydroxyl groups excluding tert-OH is 1. The van der Waals surface area contributed by atoms with Crippen molar-refractivity contribution in [2.45, 2.75) is 33.4 Å². The Balaban J connectivity index is 2.32. The molecule has 0 fully saturated rings. The number of ether oxygens (including phenoxy) is 1. The molecule has 3 N–H and O–H groups in total. The number of benzene rings is 1. The quantitative estimate of drug-likeness (QED) is 0.771. The van der Waals surface area contributed by atoms with Gasteiger partial charge < -0.3 is 20.5 Å². The summed E-state index contributed by atoms with van der Waals surface area (Å²) in [7, 11) is 1.61. The third-order valence-electron chi connectivity index (χ3n) is 3.07. The second-order valence-corrected chi connectivity index (χ2v) is 5.79. The first-order valence-electron chi connectivity index (χ1n) is 6.65. The van der Waals surface area contributed by atoms with Crippen molar-refractivity contribution in [2.24, 2.45) is 5.41 Å². The summed E-state index contributed by atoms with van der Waals surface area (Å²) in [4.78, 5) is 11.6. The molecule has 0 bridgehead atoms. The third kappa shape index (κ3) is 5.48. The fourth-order valence-electron chi connectivity index (χ4n) is 1.48. The number of hydrogen-bond donors (Lipinski definition) is 3. The molecule has 0 heterocycles. The van der Waals surface area contributed by atoms with E-state index < -0.39 is 6.10 Å². The molecule has 0 aliphatic heterocycles. The maximum absolute atomic E-state index is 11.6. The Morgan fingerprint density at radius 1 is 1.25 bits per heavy atom. The van der Waals surface area contributed by atoms with Crippen molar-refractivity contribution in [3.63, 3.8) is 0 Å². The van der Waals surface area contributed by atoms with Crippen molar-refractivity contribution in [3.8, 4) is 5.75 Å².